The van der Waals surface area contributed by atoms with E-state index in [1.54, 1.807) is 0 Å². The van der Waals surface area contributed by atoms with Crippen LogP contribution in [-0.2, 0) is 4.79 Å². The lowest BCUT2D eigenvalue weighted by Gasteiger charge is -2.33. The summed E-state index contributed by atoms with van der Waals surface area (Å²) < 4.78 is 0. The number of benzene rings is 1. The molecule has 1 heterocycles. The van der Waals surface area contributed by atoms with Crippen LogP contribution in [0.2, 0.25) is 0 Å². The maximum absolute atomic E-state index is 12.1. The number of nitrogens with zero attached hydrogens (tertiary/aromatic N) is 1. The molecule has 0 saturated carbocycles. The van der Waals surface area contributed by atoms with Crippen LogP contribution in [0.4, 0.5) is 5.69 Å². The lowest BCUT2D eigenvalue weighted by atomic mass is 9.91. The SMILES string of the molecule is Cc1ccc(NC(=O)CN2CCC(C(C)N)CC2)cc1C.Cl. The standard InChI is InChI=1S/C17H27N3O.ClH/c1-12-4-5-16(10-13(12)2)19-17(21)11-20-8-6-15(7-9-20)14(3)18;/h4-5,10,14-15H,6-9,11,18H2,1-3H3,(H,19,21);1H. The van der Waals surface area contributed by atoms with Gasteiger partial charge in [0.2, 0.25) is 5.91 Å². The summed E-state index contributed by atoms with van der Waals surface area (Å²) in [5.41, 5.74) is 9.27. The Morgan fingerprint density at radius 2 is 1.95 bits per heavy atom. The van der Waals surface area contributed by atoms with E-state index in [0.29, 0.717) is 12.5 Å². The molecule has 1 amide bonds. The van der Waals surface area contributed by atoms with Crippen molar-refractivity contribution in [1.82, 2.24) is 4.90 Å². The van der Waals surface area contributed by atoms with Gasteiger partial charge in [-0.3, -0.25) is 9.69 Å². The van der Waals surface area contributed by atoms with Crippen LogP contribution < -0.4 is 11.1 Å². The fourth-order valence-electron chi connectivity index (χ4n) is 2.86. The normalized spacial score (nSPS) is 17.6. The number of hydrogen-bond acceptors (Lipinski definition) is 3. The number of halogens is 1. The summed E-state index contributed by atoms with van der Waals surface area (Å²) >= 11 is 0. The van der Waals surface area contributed by atoms with Gasteiger partial charge in [-0.25, -0.2) is 0 Å². The third-order valence-corrected chi connectivity index (χ3v) is 4.53. The zero-order valence-electron chi connectivity index (χ0n) is 13.8. The van der Waals surface area contributed by atoms with Crippen molar-refractivity contribution in [2.24, 2.45) is 11.7 Å². The fourth-order valence-corrected chi connectivity index (χ4v) is 2.86. The molecular formula is C17H28ClN3O. The first kappa shape index (κ1) is 18.9. The number of nitrogens with one attached hydrogen (secondary N) is 1. The molecule has 0 spiro atoms. The maximum Gasteiger partial charge on any atom is 0.238 e. The molecule has 0 aliphatic carbocycles. The minimum atomic E-state index is 0. The lowest BCUT2D eigenvalue weighted by molar-refractivity contribution is -0.117. The van der Waals surface area contributed by atoms with Gasteiger partial charge in [-0.05, 0) is 75.9 Å². The first-order valence-corrected chi connectivity index (χ1v) is 7.80. The van der Waals surface area contributed by atoms with Gasteiger partial charge in [0, 0.05) is 11.7 Å². The molecule has 1 aromatic rings. The first-order chi connectivity index (χ1) is 9.95. The number of amides is 1. The minimum Gasteiger partial charge on any atom is -0.328 e. The molecule has 124 valence electrons. The number of nitrogens with two attached hydrogens (primary N) is 1. The van der Waals surface area contributed by atoms with E-state index in [1.807, 2.05) is 18.2 Å². The van der Waals surface area contributed by atoms with Crippen LogP contribution in [0.3, 0.4) is 0 Å². The smallest absolute Gasteiger partial charge is 0.238 e. The summed E-state index contributed by atoms with van der Waals surface area (Å²) in [5, 5.41) is 2.99. The Morgan fingerprint density at radius 3 is 2.50 bits per heavy atom. The maximum atomic E-state index is 12.1. The Bertz CT molecular complexity index is 497. The van der Waals surface area contributed by atoms with Crippen LogP contribution >= 0.6 is 12.4 Å². The van der Waals surface area contributed by atoms with Crippen molar-refractivity contribution < 1.29 is 4.79 Å². The molecule has 1 aliphatic rings. The first-order valence-electron chi connectivity index (χ1n) is 7.80. The highest BCUT2D eigenvalue weighted by atomic mass is 35.5. The minimum absolute atomic E-state index is 0. The number of anilines is 1. The number of piperidine rings is 1. The van der Waals surface area contributed by atoms with Crippen LogP contribution in [0.25, 0.3) is 0 Å². The summed E-state index contributed by atoms with van der Waals surface area (Å²) in [6, 6.07) is 6.29. The van der Waals surface area contributed by atoms with E-state index in [9.17, 15) is 4.79 Å². The molecular weight excluding hydrogens is 298 g/mol. The molecule has 1 unspecified atom stereocenters. The lowest BCUT2D eigenvalue weighted by Crippen LogP contribution is -2.42. The molecule has 2 rings (SSSR count). The molecule has 3 N–H and O–H groups in total. The quantitative estimate of drug-likeness (QED) is 0.895. The van der Waals surface area contributed by atoms with Crippen molar-refractivity contribution in [2.75, 3.05) is 25.0 Å². The molecule has 4 nitrogen and oxygen atoms in total. The van der Waals surface area contributed by atoms with Gasteiger partial charge in [-0.1, -0.05) is 6.07 Å². The zero-order valence-corrected chi connectivity index (χ0v) is 14.6. The third kappa shape index (κ3) is 5.27. The summed E-state index contributed by atoms with van der Waals surface area (Å²) in [6.07, 6.45) is 2.18. The molecule has 1 aromatic carbocycles. The van der Waals surface area contributed by atoms with Crippen molar-refractivity contribution in [2.45, 2.75) is 39.7 Å². The van der Waals surface area contributed by atoms with E-state index in [4.69, 9.17) is 5.73 Å². The zero-order chi connectivity index (χ0) is 15.4. The molecule has 0 aromatic heterocycles. The molecule has 22 heavy (non-hydrogen) atoms. The van der Waals surface area contributed by atoms with Crippen LogP contribution in [-0.4, -0.2) is 36.5 Å². The number of rotatable bonds is 4. The van der Waals surface area contributed by atoms with Gasteiger partial charge in [0.05, 0.1) is 6.54 Å². The van der Waals surface area contributed by atoms with Gasteiger partial charge < -0.3 is 11.1 Å². The van der Waals surface area contributed by atoms with Gasteiger partial charge >= 0.3 is 0 Å². The Morgan fingerprint density at radius 1 is 1.32 bits per heavy atom. The van der Waals surface area contributed by atoms with Crippen LogP contribution in [0, 0.1) is 19.8 Å². The largest absolute Gasteiger partial charge is 0.328 e. The topological polar surface area (TPSA) is 58.4 Å². The van der Waals surface area contributed by atoms with E-state index in [1.165, 1.54) is 11.1 Å². The van der Waals surface area contributed by atoms with Crippen molar-refractivity contribution in [3.63, 3.8) is 0 Å². The van der Waals surface area contributed by atoms with Crippen molar-refractivity contribution in [1.29, 1.82) is 0 Å². The molecule has 0 radical (unpaired) electrons. The van der Waals surface area contributed by atoms with E-state index in [2.05, 4.69) is 31.0 Å². The Balaban J connectivity index is 0.00000242. The van der Waals surface area contributed by atoms with Crippen molar-refractivity contribution >= 4 is 24.0 Å². The van der Waals surface area contributed by atoms with Gasteiger partial charge in [-0.2, -0.15) is 0 Å². The van der Waals surface area contributed by atoms with Crippen LogP contribution in [0.1, 0.15) is 30.9 Å². The summed E-state index contributed by atoms with van der Waals surface area (Å²) in [4.78, 5) is 14.3. The highest BCUT2D eigenvalue weighted by Gasteiger charge is 2.22. The summed E-state index contributed by atoms with van der Waals surface area (Å²) in [5.74, 6) is 0.668. The fraction of sp³-hybridized carbons (Fsp3) is 0.588. The van der Waals surface area contributed by atoms with Crippen LogP contribution in [0.5, 0.6) is 0 Å². The highest BCUT2D eigenvalue weighted by molar-refractivity contribution is 5.92. The molecule has 1 atom stereocenters. The number of aryl methyl sites for hydroxylation is 2. The monoisotopic (exact) mass is 325 g/mol. The molecule has 0 bridgehead atoms. The second kappa shape index (κ2) is 8.51. The third-order valence-electron chi connectivity index (χ3n) is 4.53. The van der Waals surface area contributed by atoms with Crippen molar-refractivity contribution in [3.8, 4) is 0 Å². The number of hydrogen-bond donors (Lipinski definition) is 2. The number of carbonyl (C=O) groups is 1. The second-order valence-corrected chi connectivity index (χ2v) is 6.32. The second-order valence-electron chi connectivity index (χ2n) is 6.32. The van der Waals surface area contributed by atoms with Crippen molar-refractivity contribution in [3.05, 3.63) is 29.3 Å². The Kier molecular flexibility index (Phi) is 7.33. The van der Waals surface area contributed by atoms with Crippen LogP contribution in [0.15, 0.2) is 18.2 Å². The molecule has 5 heteroatoms. The predicted octanol–water partition coefficient (Wildman–Crippen LogP) is 2.72. The molecule has 1 aliphatic heterocycles. The summed E-state index contributed by atoms with van der Waals surface area (Å²) in [6.45, 7) is 8.61. The Hall–Kier alpha value is -1.10. The number of carbonyl (C=O) groups excluding carboxylic acids is 1. The van der Waals surface area contributed by atoms with E-state index in [0.717, 1.165) is 31.6 Å². The van der Waals surface area contributed by atoms with Gasteiger partial charge in [0.15, 0.2) is 0 Å². The van der Waals surface area contributed by atoms with E-state index in [-0.39, 0.29) is 24.4 Å². The van der Waals surface area contributed by atoms with Gasteiger partial charge in [0.1, 0.15) is 0 Å². The predicted molar refractivity (Wildman–Crippen MR) is 94.6 cm³/mol. The average Bonchev–Trinajstić information content (AvgIpc) is 2.43. The Labute approximate surface area is 139 Å². The number of likely N-dealkylation sites (tertiary alicyclic amines) is 1. The van der Waals surface area contributed by atoms with Gasteiger partial charge in [-0.15, -0.1) is 12.4 Å². The average molecular weight is 326 g/mol. The van der Waals surface area contributed by atoms with Gasteiger partial charge in [0.25, 0.3) is 0 Å². The van der Waals surface area contributed by atoms with E-state index >= 15 is 0 Å². The summed E-state index contributed by atoms with van der Waals surface area (Å²) in [7, 11) is 0. The molecule has 1 fully saturated rings. The highest BCUT2D eigenvalue weighted by Crippen LogP contribution is 2.19. The molecule has 1 saturated heterocycles. The van der Waals surface area contributed by atoms with E-state index < -0.39 is 0 Å².